The molecular formula is C17H16O. The van der Waals surface area contributed by atoms with E-state index in [4.69, 9.17) is 0 Å². The zero-order valence-corrected chi connectivity index (χ0v) is 10.3. The van der Waals surface area contributed by atoms with Gasteiger partial charge in [-0.2, -0.15) is 0 Å². The third kappa shape index (κ3) is 3.17. The van der Waals surface area contributed by atoms with E-state index in [1.165, 1.54) is 0 Å². The van der Waals surface area contributed by atoms with Gasteiger partial charge in [0.25, 0.3) is 0 Å². The van der Waals surface area contributed by atoms with Crippen LogP contribution in [0.2, 0.25) is 0 Å². The smallest absolute Gasteiger partial charge is 0.163 e. The number of carbonyl (C=O) groups excluding carboxylic acids is 1. The predicted molar refractivity (Wildman–Crippen MR) is 75.5 cm³/mol. The minimum atomic E-state index is 0.174. The summed E-state index contributed by atoms with van der Waals surface area (Å²) >= 11 is 0. The monoisotopic (exact) mass is 236 g/mol. The third-order valence-electron chi connectivity index (χ3n) is 2.93. The second-order valence-corrected chi connectivity index (χ2v) is 4.26. The Morgan fingerprint density at radius 1 is 0.778 bits per heavy atom. The zero-order chi connectivity index (χ0) is 12.8. The maximum absolute atomic E-state index is 11.9. The van der Waals surface area contributed by atoms with Gasteiger partial charge in [0.2, 0.25) is 0 Å². The van der Waals surface area contributed by atoms with E-state index in [-0.39, 0.29) is 5.78 Å². The highest BCUT2D eigenvalue weighted by atomic mass is 16.1. The van der Waals surface area contributed by atoms with E-state index in [9.17, 15) is 4.79 Å². The minimum Gasteiger partial charge on any atom is -0.294 e. The molecule has 0 fully saturated rings. The van der Waals surface area contributed by atoms with Gasteiger partial charge in [0.1, 0.15) is 0 Å². The molecule has 0 saturated heterocycles. The van der Waals surface area contributed by atoms with Crippen LogP contribution in [0.1, 0.15) is 28.8 Å². The molecule has 0 aliphatic carbocycles. The lowest BCUT2D eigenvalue weighted by atomic mass is 9.99. The topological polar surface area (TPSA) is 17.1 Å². The summed E-state index contributed by atoms with van der Waals surface area (Å²) in [7, 11) is 0. The maximum atomic E-state index is 11.9. The number of hydrogen-bond donors (Lipinski definition) is 0. The molecule has 0 aromatic heterocycles. The van der Waals surface area contributed by atoms with Gasteiger partial charge in [-0.25, -0.2) is 0 Å². The summed E-state index contributed by atoms with van der Waals surface area (Å²) in [5, 5.41) is 0. The van der Waals surface area contributed by atoms with Crippen LogP contribution in [-0.2, 0) is 0 Å². The Kier molecular flexibility index (Phi) is 4.08. The number of ketones is 1. The molecule has 0 aliphatic rings. The van der Waals surface area contributed by atoms with Gasteiger partial charge in [0, 0.05) is 12.0 Å². The van der Waals surface area contributed by atoms with E-state index in [1.807, 2.05) is 60.7 Å². The van der Waals surface area contributed by atoms with Gasteiger partial charge in [0.15, 0.2) is 5.78 Å². The summed E-state index contributed by atoms with van der Waals surface area (Å²) in [5.41, 5.74) is 2.90. The standard InChI is InChI=1S/C17H16O/c1-14(15-8-4-2-5-9-15)12-13-17(18)16-10-6-3-7-11-16/h2-11H,1,12-13H2. The number of allylic oxidation sites excluding steroid dienone is 1. The lowest BCUT2D eigenvalue weighted by Crippen LogP contribution is -1.98. The summed E-state index contributed by atoms with van der Waals surface area (Å²) < 4.78 is 0. The molecule has 2 aromatic rings. The molecule has 0 aliphatic heterocycles. The van der Waals surface area contributed by atoms with Crippen molar-refractivity contribution in [1.29, 1.82) is 0 Å². The van der Waals surface area contributed by atoms with Crippen molar-refractivity contribution in [2.45, 2.75) is 12.8 Å². The molecule has 1 nitrogen and oxygen atoms in total. The van der Waals surface area contributed by atoms with Crippen LogP contribution in [0.4, 0.5) is 0 Å². The molecule has 18 heavy (non-hydrogen) atoms. The van der Waals surface area contributed by atoms with Gasteiger partial charge in [-0.3, -0.25) is 4.79 Å². The molecule has 2 rings (SSSR count). The van der Waals surface area contributed by atoms with Crippen LogP contribution >= 0.6 is 0 Å². The summed E-state index contributed by atoms with van der Waals surface area (Å²) in [4.78, 5) is 11.9. The maximum Gasteiger partial charge on any atom is 0.163 e. The van der Waals surface area contributed by atoms with Crippen LogP contribution in [0.15, 0.2) is 67.2 Å². The average molecular weight is 236 g/mol. The molecular weight excluding hydrogens is 220 g/mol. The molecule has 1 heteroatoms. The average Bonchev–Trinajstić information content (AvgIpc) is 2.46. The Labute approximate surface area is 108 Å². The van der Waals surface area contributed by atoms with Crippen molar-refractivity contribution < 1.29 is 4.79 Å². The first-order chi connectivity index (χ1) is 8.77. The zero-order valence-electron chi connectivity index (χ0n) is 10.3. The number of carbonyl (C=O) groups is 1. The summed E-state index contributed by atoms with van der Waals surface area (Å²) in [6, 6.07) is 19.4. The van der Waals surface area contributed by atoms with Gasteiger partial charge >= 0.3 is 0 Å². The van der Waals surface area contributed by atoms with Crippen molar-refractivity contribution in [3.05, 3.63) is 78.4 Å². The van der Waals surface area contributed by atoms with E-state index in [1.54, 1.807) is 0 Å². The van der Waals surface area contributed by atoms with Crippen LogP contribution in [0.25, 0.3) is 5.57 Å². The van der Waals surface area contributed by atoms with Crippen molar-refractivity contribution in [2.75, 3.05) is 0 Å². The number of rotatable bonds is 5. The largest absolute Gasteiger partial charge is 0.294 e. The molecule has 0 heterocycles. The van der Waals surface area contributed by atoms with Crippen molar-refractivity contribution in [3.63, 3.8) is 0 Å². The number of benzene rings is 2. The Morgan fingerprint density at radius 2 is 1.28 bits per heavy atom. The van der Waals surface area contributed by atoms with E-state index >= 15 is 0 Å². The molecule has 0 bridgehead atoms. The highest BCUT2D eigenvalue weighted by molar-refractivity contribution is 5.96. The fraction of sp³-hybridized carbons (Fsp3) is 0.118. The minimum absolute atomic E-state index is 0.174. The number of hydrogen-bond acceptors (Lipinski definition) is 1. The first-order valence-corrected chi connectivity index (χ1v) is 6.09. The SMILES string of the molecule is C=C(CCC(=O)c1ccccc1)c1ccccc1. The fourth-order valence-corrected chi connectivity index (χ4v) is 1.85. The van der Waals surface area contributed by atoms with E-state index in [0.717, 1.165) is 16.7 Å². The van der Waals surface area contributed by atoms with Crippen LogP contribution in [0.5, 0.6) is 0 Å². The first kappa shape index (κ1) is 12.3. The van der Waals surface area contributed by atoms with Gasteiger partial charge in [-0.1, -0.05) is 67.2 Å². The molecule has 0 radical (unpaired) electrons. The Bertz CT molecular complexity index is 475. The Balaban J connectivity index is 1.93. The molecule has 0 saturated carbocycles. The van der Waals surface area contributed by atoms with Crippen LogP contribution in [0, 0.1) is 0 Å². The van der Waals surface area contributed by atoms with Crippen molar-refractivity contribution in [1.82, 2.24) is 0 Å². The second kappa shape index (κ2) is 5.97. The van der Waals surface area contributed by atoms with E-state index in [0.29, 0.717) is 12.8 Å². The quantitative estimate of drug-likeness (QED) is 0.705. The first-order valence-electron chi connectivity index (χ1n) is 6.09. The highest BCUT2D eigenvalue weighted by Gasteiger charge is 2.06. The van der Waals surface area contributed by atoms with Crippen LogP contribution in [0.3, 0.4) is 0 Å². The molecule has 0 spiro atoms. The molecule has 0 atom stereocenters. The van der Waals surface area contributed by atoms with Crippen molar-refractivity contribution in [2.24, 2.45) is 0 Å². The predicted octanol–water partition coefficient (Wildman–Crippen LogP) is 4.36. The normalized spacial score (nSPS) is 10.0. The molecule has 0 unspecified atom stereocenters. The van der Waals surface area contributed by atoms with E-state index in [2.05, 4.69) is 6.58 Å². The summed E-state index contributed by atoms with van der Waals surface area (Å²) in [6.45, 7) is 4.04. The lowest BCUT2D eigenvalue weighted by molar-refractivity contribution is 0.0984. The molecule has 0 N–H and O–H groups in total. The van der Waals surface area contributed by atoms with Crippen LogP contribution in [-0.4, -0.2) is 5.78 Å². The fourth-order valence-electron chi connectivity index (χ4n) is 1.85. The number of Topliss-reactive ketones (excluding diaryl/α,β-unsaturated/α-hetero) is 1. The summed E-state index contributed by atoms with van der Waals surface area (Å²) in [5.74, 6) is 0.174. The third-order valence-corrected chi connectivity index (χ3v) is 2.93. The van der Waals surface area contributed by atoms with E-state index < -0.39 is 0 Å². The molecule has 0 amide bonds. The van der Waals surface area contributed by atoms with Crippen LogP contribution < -0.4 is 0 Å². The lowest BCUT2D eigenvalue weighted by Gasteiger charge is -2.05. The van der Waals surface area contributed by atoms with Crippen molar-refractivity contribution >= 4 is 11.4 Å². The van der Waals surface area contributed by atoms with Gasteiger partial charge in [-0.15, -0.1) is 0 Å². The summed E-state index contributed by atoms with van der Waals surface area (Å²) in [6.07, 6.45) is 1.22. The highest BCUT2D eigenvalue weighted by Crippen LogP contribution is 2.18. The van der Waals surface area contributed by atoms with Gasteiger partial charge in [-0.05, 0) is 17.6 Å². The second-order valence-electron chi connectivity index (χ2n) is 4.26. The van der Waals surface area contributed by atoms with Gasteiger partial charge < -0.3 is 0 Å². The van der Waals surface area contributed by atoms with Crippen molar-refractivity contribution in [3.8, 4) is 0 Å². The molecule has 90 valence electrons. The van der Waals surface area contributed by atoms with Gasteiger partial charge in [0.05, 0.1) is 0 Å². The Morgan fingerprint density at radius 3 is 1.83 bits per heavy atom. The Hall–Kier alpha value is -2.15. The molecule has 2 aromatic carbocycles.